The van der Waals surface area contributed by atoms with Gasteiger partial charge in [-0.1, -0.05) is 19.8 Å². The zero-order valence-electron chi connectivity index (χ0n) is 18.0. The van der Waals surface area contributed by atoms with Crippen molar-refractivity contribution < 1.29 is 19.1 Å². The summed E-state index contributed by atoms with van der Waals surface area (Å²) in [6.45, 7) is 4.39. The van der Waals surface area contributed by atoms with Gasteiger partial charge < -0.3 is 14.6 Å². The van der Waals surface area contributed by atoms with Crippen LogP contribution < -0.4 is 10.2 Å². The summed E-state index contributed by atoms with van der Waals surface area (Å²) in [4.78, 5) is 40.1. The van der Waals surface area contributed by atoms with E-state index in [0.29, 0.717) is 23.8 Å². The van der Waals surface area contributed by atoms with Crippen LogP contribution in [-0.2, 0) is 20.9 Å². The van der Waals surface area contributed by atoms with Gasteiger partial charge in [-0.2, -0.15) is 0 Å². The number of amides is 2. The molecule has 7 nitrogen and oxygen atoms in total. The van der Waals surface area contributed by atoms with Gasteiger partial charge in [0.25, 0.3) is 0 Å². The number of hydrogen-bond acceptors (Lipinski definition) is 4. The number of rotatable bonds is 5. The van der Waals surface area contributed by atoms with Gasteiger partial charge in [0, 0.05) is 17.9 Å². The highest BCUT2D eigenvalue weighted by molar-refractivity contribution is 6.02. The molecule has 2 amide bonds. The molecule has 1 N–H and O–H groups in total. The minimum Gasteiger partial charge on any atom is -0.462 e. The standard InChI is InChI=1S/C24H29N3O4/c1-3-31-24(30)17-10-12-18(13-11-17)27-21(28)15-26-14-6-9-20(26)22(27)23(29)25-19-8-5-4-7-16(19)2/h6,9-14,16,19,22H,3-5,7-8,15H2,1-2H3,(H,25,29)/t16-,19-,22+/m0/s1. The zero-order valence-corrected chi connectivity index (χ0v) is 18.0. The van der Waals surface area contributed by atoms with E-state index in [1.54, 1.807) is 36.1 Å². The first kappa shape index (κ1) is 21.2. The number of carbonyl (C=O) groups excluding carboxylic acids is 3. The van der Waals surface area contributed by atoms with Crippen molar-refractivity contribution in [1.29, 1.82) is 0 Å². The molecule has 1 aromatic heterocycles. The van der Waals surface area contributed by atoms with Crippen LogP contribution in [-0.4, -0.2) is 35.0 Å². The molecule has 1 aromatic carbocycles. The summed E-state index contributed by atoms with van der Waals surface area (Å²) < 4.78 is 6.87. The highest BCUT2D eigenvalue weighted by atomic mass is 16.5. The third kappa shape index (κ3) is 4.22. The molecular formula is C24H29N3O4. The Hall–Kier alpha value is -3.09. The van der Waals surface area contributed by atoms with E-state index in [1.807, 2.05) is 22.9 Å². The number of fused-ring (bicyclic) bond motifs is 1. The number of anilines is 1. The van der Waals surface area contributed by atoms with Crippen LogP contribution in [0.1, 0.15) is 61.6 Å². The maximum absolute atomic E-state index is 13.5. The molecule has 7 heteroatoms. The van der Waals surface area contributed by atoms with E-state index in [-0.39, 0.29) is 24.4 Å². The Morgan fingerprint density at radius 3 is 2.58 bits per heavy atom. The number of benzene rings is 1. The minimum absolute atomic E-state index is 0.120. The molecule has 1 aliphatic carbocycles. The summed E-state index contributed by atoms with van der Waals surface area (Å²) in [5, 5.41) is 3.22. The van der Waals surface area contributed by atoms with Crippen molar-refractivity contribution in [3.05, 3.63) is 53.9 Å². The molecule has 1 aliphatic heterocycles. The predicted octanol–water partition coefficient (Wildman–Crippen LogP) is 3.45. The van der Waals surface area contributed by atoms with E-state index in [9.17, 15) is 14.4 Å². The highest BCUT2D eigenvalue weighted by Crippen LogP contribution is 2.33. The first-order valence-corrected chi connectivity index (χ1v) is 11.0. The summed E-state index contributed by atoms with van der Waals surface area (Å²) in [7, 11) is 0. The van der Waals surface area contributed by atoms with Gasteiger partial charge in [-0.05, 0) is 62.1 Å². The summed E-state index contributed by atoms with van der Waals surface area (Å²) in [5.41, 5.74) is 1.79. The zero-order chi connectivity index (χ0) is 22.0. The lowest BCUT2D eigenvalue weighted by molar-refractivity contribution is -0.129. The fraction of sp³-hybridized carbons (Fsp3) is 0.458. The van der Waals surface area contributed by atoms with Crippen LogP contribution in [0.2, 0.25) is 0 Å². The topological polar surface area (TPSA) is 80.6 Å². The Kier molecular flexibility index (Phi) is 6.11. The number of carbonyl (C=O) groups is 3. The summed E-state index contributed by atoms with van der Waals surface area (Å²) >= 11 is 0. The van der Waals surface area contributed by atoms with E-state index in [0.717, 1.165) is 25.0 Å². The maximum atomic E-state index is 13.5. The smallest absolute Gasteiger partial charge is 0.338 e. The number of hydrogen-bond donors (Lipinski definition) is 1. The lowest BCUT2D eigenvalue weighted by Gasteiger charge is -2.38. The number of nitrogens with zero attached hydrogens (tertiary/aromatic N) is 2. The van der Waals surface area contributed by atoms with E-state index in [4.69, 9.17) is 4.74 Å². The third-order valence-corrected chi connectivity index (χ3v) is 6.32. The lowest BCUT2D eigenvalue weighted by Crippen LogP contribution is -2.52. The maximum Gasteiger partial charge on any atom is 0.338 e. The molecule has 4 rings (SSSR count). The van der Waals surface area contributed by atoms with E-state index in [1.165, 1.54) is 6.42 Å². The number of nitrogens with one attached hydrogen (secondary N) is 1. The Labute approximate surface area is 182 Å². The molecule has 0 spiro atoms. The molecule has 2 heterocycles. The molecule has 164 valence electrons. The van der Waals surface area contributed by atoms with Crippen molar-refractivity contribution in [2.45, 2.75) is 58.2 Å². The van der Waals surface area contributed by atoms with Crippen molar-refractivity contribution in [1.82, 2.24) is 9.88 Å². The lowest BCUT2D eigenvalue weighted by atomic mass is 9.85. The molecule has 3 atom stereocenters. The second-order valence-corrected chi connectivity index (χ2v) is 8.37. The highest BCUT2D eigenvalue weighted by Gasteiger charge is 2.39. The van der Waals surface area contributed by atoms with Gasteiger partial charge >= 0.3 is 5.97 Å². The van der Waals surface area contributed by atoms with E-state index in [2.05, 4.69) is 12.2 Å². The van der Waals surface area contributed by atoms with Crippen LogP contribution >= 0.6 is 0 Å². The molecule has 1 fully saturated rings. The van der Waals surface area contributed by atoms with Crippen LogP contribution in [0.15, 0.2) is 42.6 Å². The number of esters is 1. The van der Waals surface area contributed by atoms with Crippen molar-refractivity contribution >= 4 is 23.5 Å². The first-order chi connectivity index (χ1) is 15.0. The largest absolute Gasteiger partial charge is 0.462 e. The van der Waals surface area contributed by atoms with Gasteiger partial charge in [0.2, 0.25) is 11.8 Å². The molecular weight excluding hydrogens is 394 g/mol. The molecule has 1 saturated carbocycles. The molecule has 0 saturated heterocycles. The molecule has 2 aliphatic rings. The molecule has 0 radical (unpaired) electrons. The fourth-order valence-electron chi connectivity index (χ4n) is 4.63. The number of aromatic nitrogens is 1. The van der Waals surface area contributed by atoms with Crippen LogP contribution in [0.5, 0.6) is 0 Å². The van der Waals surface area contributed by atoms with E-state index >= 15 is 0 Å². The van der Waals surface area contributed by atoms with Gasteiger partial charge in [0.1, 0.15) is 6.54 Å². The second-order valence-electron chi connectivity index (χ2n) is 8.37. The molecule has 0 bridgehead atoms. The van der Waals surface area contributed by atoms with Gasteiger partial charge in [-0.15, -0.1) is 0 Å². The average molecular weight is 424 g/mol. The summed E-state index contributed by atoms with van der Waals surface area (Å²) in [5.74, 6) is -0.319. The molecule has 2 aromatic rings. The Bertz CT molecular complexity index is 965. The first-order valence-electron chi connectivity index (χ1n) is 11.0. The third-order valence-electron chi connectivity index (χ3n) is 6.32. The van der Waals surface area contributed by atoms with Gasteiger partial charge in [0.05, 0.1) is 17.9 Å². The Balaban J connectivity index is 1.64. The van der Waals surface area contributed by atoms with Gasteiger partial charge in [0.15, 0.2) is 6.04 Å². The van der Waals surface area contributed by atoms with Crippen LogP contribution in [0.4, 0.5) is 5.69 Å². The predicted molar refractivity (Wildman–Crippen MR) is 117 cm³/mol. The van der Waals surface area contributed by atoms with Crippen LogP contribution in [0.25, 0.3) is 0 Å². The SMILES string of the molecule is CCOC(=O)c1ccc(N2C(=O)Cn3cccc3[C@@H]2C(=O)N[C@H]2CCCC[C@@H]2C)cc1. The van der Waals surface area contributed by atoms with Crippen LogP contribution in [0, 0.1) is 5.92 Å². The summed E-state index contributed by atoms with van der Waals surface area (Å²) in [6.07, 6.45) is 6.19. The summed E-state index contributed by atoms with van der Waals surface area (Å²) in [6, 6.07) is 9.78. The van der Waals surface area contributed by atoms with Crippen molar-refractivity contribution in [2.24, 2.45) is 5.92 Å². The monoisotopic (exact) mass is 423 g/mol. The Morgan fingerprint density at radius 2 is 1.87 bits per heavy atom. The van der Waals surface area contributed by atoms with Gasteiger partial charge in [-0.25, -0.2) is 4.79 Å². The van der Waals surface area contributed by atoms with Crippen molar-refractivity contribution in [2.75, 3.05) is 11.5 Å². The Morgan fingerprint density at radius 1 is 1.13 bits per heavy atom. The minimum atomic E-state index is -0.751. The fourth-order valence-corrected chi connectivity index (χ4v) is 4.63. The normalized spacial score (nSPS) is 23.2. The molecule has 0 unspecified atom stereocenters. The average Bonchev–Trinajstić information content (AvgIpc) is 3.22. The van der Waals surface area contributed by atoms with Crippen molar-refractivity contribution in [3.63, 3.8) is 0 Å². The van der Waals surface area contributed by atoms with Gasteiger partial charge in [-0.3, -0.25) is 14.5 Å². The number of ether oxygens (including phenoxy) is 1. The second kappa shape index (κ2) is 8.96. The van der Waals surface area contributed by atoms with E-state index < -0.39 is 12.0 Å². The van der Waals surface area contributed by atoms with Crippen LogP contribution in [0.3, 0.4) is 0 Å². The quantitative estimate of drug-likeness (QED) is 0.747. The van der Waals surface area contributed by atoms with Crippen molar-refractivity contribution in [3.8, 4) is 0 Å². The molecule has 31 heavy (non-hydrogen) atoms.